The van der Waals surface area contributed by atoms with Crippen LogP contribution in [0.25, 0.3) is 10.9 Å². The van der Waals surface area contributed by atoms with Crippen LogP contribution in [0.2, 0.25) is 5.02 Å². The molecule has 0 saturated carbocycles. The van der Waals surface area contributed by atoms with Crippen molar-refractivity contribution in [3.8, 4) is 0 Å². The molecule has 0 N–H and O–H groups in total. The van der Waals surface area contributed by atoms with Gasteiger partial charge < -0.3 is 4.57 Å². The van der Waals surface area contributed by atoms with Crippen molar-refractivity contribution in [2.75, 3.05) is 0 Å². The summed E-state index contributed by atoms with van der Waals surface area (Å²) in [7, 11) is 0. The van der Waals surface area contributed by atoms with Crippen LogP contribution in [-0.4, -0.2) is 9.49 Å². The van der Waals surface area contributed by atoms with Crippen molar-refractivity contribution in [2.24, 2.45) is 0 Å². The average Bonchev–Trinajstić information content (AvgIpc) is 2.85. The predicted molar refractivity (Wildman–Crippen MR) is 83.9 cm³/mol. The molecule has 1 heterocycles. The molecule has 0 bridgehead atoms. The Kier molecular flexibility index (Phi) is 3.39. The summed E-state index contributed by atoms with van der Waals surface area (Å²) >= 11 is 6.16. The zero-order valence-corrected chi connectivity index (χ0v) is 12.2. The highest BCUT2D eigenvalue weighted by Gasteiger charge is 2.17. The van der Waals surface area contributed by atoms with E-state index in [1.807, 2.05) is 42.0 Å². The fourth-order valence-corrected chi connectivity index (χ4v) is 2.79. The number of nitro groups is 1. The standard InChI is InChI=1S/C16H13ClN2O2/c1-11-4-2-6-15-12(11)8-9-18(15)10-13-14(17)5-3-7-16(13)19(20)21/h2-9H,10H2,1H3. The molecule has 0 radical (unpaired) electrons. The normalized spacial score (nSPS) is 11.0. The van der Waals surface area contributed by atoms with Crippen molar-refractivity contribution < 1.29 is 4.92 Å². The van der Waals surface area contributed by atoms with Crippen molar-refractivity contribution in [3.05, 3.63) is 74.9 Å². The van der Waals surface area contributed by atoms with Crippen LogP contribution >= 0.6 is 11.6 Å². The molecule has 0 aliphatic heterocycles. The lowest BCUT2D eigenvalue weighted by molar-refractivity contribution is -0.385. The van der Waals surface area contributed by atoms with Gasteiger partial charge in [0.2, 0.25) is 0 Å². The summed E-state index contributed by atoms with van der Waals surface area (Å²) in [5.41, 5.74) is 2.81. The maximum atomic E-state index is 11.2. The first-order chi connectivity index (χ1) is 10.1. The number of aromatic nitrogens is 1. The summed E-state index contributed by atoms with van der Waals surface area (Å²) in [6.07, 6.45) is 1.94. The number of benzene rings is 2. The Bertz CT molecular complexity index is 839. The topological polar surface area (TPSA) is 48.1 Å². The van der Waals surface area contributed by atoms with Crippen molar-refractivity contribution >= 4 is 28.2 Å². The third-order valence-electron chi connectivity index (χ3n) is 3.65. The first-order valence-electron chi connectivity index (χ1n) is 6.54. The largest absolute Gasteiger partial charge is 0.343 e. The molecule has 0 aliphatic rings. The molecular formula is C16H13ClN2O2. The molecule has 3 rings (SSSR count). The highest BCUT2D eigenvalue weighted by Crippen LogP contribution is 2.29. The zero-order chi connectivity index (χ0) is 15.0. The first kappa shape index (κ1) is 13.6. The minimum atomic E-state index is -0.391. The Morgan fingerprint density at radius 3 is 2.71 bits per heavy atom. The third-order valence-corrected chi connectivity index (χ3v) is 4.01. The second kappa shape index (κ2) is 5.22. The van der Waals surface area contributed by atoms with E-state index in [9.17, 15) is 10.1 Å². The van der Waals surface area contributed by atoms with Gasteiger partial charge in [-0.05, 0) is 30.7 Å². The van der Waals surface area contributed by atoms with Gasteiger partial charge in [0.25, 0.3) is 5.69 Å². The number of aryl methyl sites for hydroxylation is 1. The molecule has 3 aromatic rings. The minimum absolute atomic E-state index is 0.0528. The molecule has 2 aromatic carbocycles. The number of fused-ring (bicyclic) bond motifs is 1. The molecule has 21 heavy (non-hydrogen) atoms. The molecule has 0 saturated heterocycles. The second-order valence-electron chi connectivity index (χ2n) is 4.95. The lowest BCUT2D eigenvalue weighted by atomic mass is 10.1. The monoisotopic (exact) mass is 300 g/mol. The van der Waals surface area contributed by atoms with Crippen LogP contribution in [0.15, 0.2) is 48.7 Å². The molecule has 0 aliphatic carbocycles. The van der Waals surface area contributed by atoms with Gasteiger partial charge in [-0.2, -0.15) is 0 Å². The summed E-state index contributed by atoms with van der Waals surface area (Å²) in [6.45, 7) is 2.42. The van der Waals surface area contributed by atoms with Crippen molar-refractivity contribution in [1.29, 1.82) is 0 Å². The summed E-state index contributed by atoms with van der Waals surface area (Å²) < 4.78 is 1.98. The van der Waals surface area contributed by atoms with Crippen LogP contribution in [0.4, 0.5) is 5.69 Å². The zero-order valence-electron chi connectivity index (χ0n) is 11.4. The molecule has 5 heteroatoms. The van der Waals surface area contributed by atoms with Gasteiger partial charge in [-0.15, -0.1) is 0 Å². The molecule has 1 aromatic heterocycles. The van der Waals surface area contributed by atoms with Crippen LogP contribution < -0.4 is 0 Å². The molecule has 0 amide bonds. The summed E-state index contributed by atoms with van der Waals surface area (Å²) in [4.78, 5) is 10.8. The van der Waals surface area contributed by atoms with Gasteiger partial charge >= 0.3 is 0 Å². The van der Waals surface area contributed by atoms with Crippen LogP contribution in [-0.2, 0) is 6.54 Å². The third kappa shape index (κ3) is 2.38. The first-order valence-corrected chi connectivity index (χ1v) is 6.92. The highest BCUT2D eigenvalue weighted by atomic mass is 35.5. The maximum Gasteiger partial charge on any atom is 0.275 e. The van der Waals surface area contributed by atoms with Gasteiger partial charge in [-0.1, -0.05) is 29.8 Å². The van der Waals surface area contributed by atoms with E-state index in [1.54, 1.807) is 12.1 Å². The molecule has 4 nitrogen and oxygen atoms in total. The lowest BCUT2D eigenvalue weighted by Gasteiger charge is -2.08. The van der Waals surface area contributed by atoms with E-state index in [0.717, 1.165) is 10.9 Å². The lowest BCUT2D eigenvalue weighted by Crippen LogP contribution is -2.03. The fourth-order valence-electron chi connectivity index (χ4n) is 2.56. The van der Waals surface area contributed by atoms with E-state index in [1.165, 1.54) is 11.6 Å². The number of hydrogen-bond acceptors (Lipinski definition) is 2. The predicted octanol–water partition coefficient (Wildman–Crippen LogP) is 4.56. The van der Waals surface area contributed by atoms with Gasteiger partial charge in [0, 0.05) is 23.2 Å². The fraction of sp³-hybridized carbons (Fsp3) is 0.125. The van der Waals surface area contributed by atoms with E-state index in [4.69, 9.17) is 11.6 Å². The van der Waals surface area contributed by atoms with Gasteiger partial charge in [0.05, 0.1) is 22.1 Å². The molecule has 0 spiro atoms. The molecule has 0 atom stereocenters. The molecule has 0 unspecified atom stereocenters. The molecule has 106 valence electrons. The summed E-state index contributed by atoms with van der Waals surface area (Å²) in [5.74, 6) is 0. The van der Waals surface area contributed by atoms with E-state index >= 15 is 0 Å². The number of hydrogen-bond donors (Lipinski definition) is 0. The van der Waals surface area contributed by atoms with Gasteiger partial charge in [0.15, 0.2) is 0 Å². The van der Waals surface area contributed by atoms with Crippen LogP contribution in [0.3, 0.4) is 0 Å². The van der Waals surface area contributed by atoms with Gasteiger partial charge in [-0.25, -0.2) is 0 Å². The summed E-state index contributed by atoms with van der Waals surface area (Å²) in [6, 6.07) is 12.8. The second-order valence-corrected chi connectivity index (χ2v) is 5.35. The van der Waals surface area contributed by atoms with Crippen LogP contribution in [0.5, 0.6) is 0 Å². The Balaban J connectivity index is 2.11. The SMILES string of the molecule is Cc1cccc2c1ccn2Cc1c(Cl)cccc1[N+](=O)[O-]. The number of nitro benzene ring substituents is 1. The van der Waals surface area contributed by atoms with E-state index in [-0.39, 0.29) is 5.69 Å². The minimum Gasteiger partial charge on any atom is -0.343 e. The Hall–Kier alpha value is -2.33. The van der Waals surface area contributed by atoms with Crippen LogP contribution in [0, 0.1) is 17.0 Å². The highest BCUT2D eigenvalue weighted by molar-refractivity contribution is 6.31. The van der Waals surface area contributed by atoms with E-state index in [2.05, 4.69) is 0 Å². The Labute approximate surface area is 126 Å². The van der Waals surface area contributed by atoms with E-state index in [0.29, 0.717) is 17.1 Å². The van der Waals surface area contributed by atoms with Crippen molar-refractivity contribution in [3.63, 3.8) is 0 Å². The van der Waals surface area contributed by atoms with Crippen LogP contribution in [0.1, 0.15) is 11.1 Å². The molecule has 0 fully saturated rings. The number of halogens is 1. The Morgan fingerprint density at radius 2 is 1.95 bits per heavy atom. The molecular weight excluding hydrogens is 288 g/mol. The van der Waals surface area contributed by atoms with Gasteiger partial charge in [0.1, 0.15) is 0 Å². The van der Waals surface area contributed by atoms with Gasteiger partial charge in [-0.3, -0.25) is 10.1 Å². The summed E-state index contributed by atoms with van der Waals surface area (Å²) in [5, 5.41) is 12.7. The van der Waals surface area contributed by atoms with Crippen molar-refractivity contribution in [1.82, 2.24) is 4.57 Å². The van der Waals surface area contributed by atoms with Crippen molar-refractivity contribution in [2.45, 2.75) is 13.5 Å². The van der Waals surface area contributed by atoms with E-state index < -0.39 is 4.92 Å². The number of rotatable bonds is 3. The quantitative estimate of drug-likeness (QED) is 0.526. The average molecular weight is 301 g/mol. The number of nitrogens with zero attached hydrogens (tertiary/aromatic N) is 2. The smallest absolute Gasteiger partial charge is 0.275 e. The maximum absolute atomic E-state index is 11.2. The Morgan fingerprint density at radius 1 is 1.19 bits per heavy atom.